The van der Waals surface area contributed by atoms with Gasteiger partial charge in [-0.05, 0) is 30.3 Å². The molecule has 0 saturated carbocycles. The van der Waals surface area contributed by atoms with Gasteiger partial charge in [0, 0.05) is 24.5 Å². The molecular weight excluding hydrogens is 366 g/mol. The molecule has 27 heavy (non-hydrogen) atoms. The maximum atomic E-state index is 12.6. The first kappa shape index (κ1) is 18.9. The van der Waals surface area contributed by atoms with Crippen LogP contribution < -0.4 is 10.3 Å². The summed E-state index contributed by atoms with van der Waals surface area (Å²) in [6.45, 7) is 0.802. The summed E-state index contributed by atoms with van der Waals surface area (Å²) >= 11 is 5.84. The van der Waals surface area contributed by atoms with E-state index in [0.717, 1.165) is 0 Å². The number of carbonyl (C=O) groups excluding carboxylic acids is 1. The van der Waals surface area contributed by atoms with Crippen LogP contribution >= 0.6 is 11.6 Å². The number of carbonyl (C=O) groups is 1. The molecule has 0 bridgehead atoms. The Morgan fingerprint density at radius 1 is 1.15 bits per heavy atom. The first-order valence-corrected chi connectivity index (χ1v) is 8.91. The van der Waals surface area contributed by atoms with Crippen LogP contribution in [0.5, 0.6) is 5.75 Å². The number of halogens is 1. The third kappa shape index (κ3) is 4.46. The highest BCUT2D eigenvalue weighted by Crippen LogP contribution is 2.16. The minimum absolute atomic E-state index is 0.0917. The number of hydrogen-bond acceptors (Lipinski definition) is 4. The van der Waals surface area contributed by atoms with E-state index in [-0.39, 0.29) is 17.9 Å². The third-order valence-electron chi connectivity index (χ3n) is 4.29. The summed E-state index contributed by atoms with van der Waals surface area (Å²) in [5, 5.41) is 6.19. The Balaban J connectivity index is 1.64. The van der Waals surface area contributed by atoms with Crippen LogP contribution in [-0.2, 0) is 18.3 Å². The van der Waals surface area contributed by atoms with Gasteiger partial charge in [0.25, 0.3) is 5.56 Å². The number of nitrogens with zero attached hydrogens (tertiary/aromatic N) is 3. The van der Waals surface area contributed by atoms with Gasteiger partial charge in [0.1, 0.15) is 12.4 Å². The Kier molecular flexibility index (Phi) is 5.76. The normalized spacial score (nSPS) is 10.8. The Hall–Kier alpha value is -2.86. The molecule has 0 aliphatic rings. The topological polar surface area (TPSA) is 64.4 Å². The summed E-state index contributed by atoms with van der Waals surface area (Å²) in [6, 6.07) is 14.3. The second-order valence-electron chi connectivity index (χ2n) is 6.22. The zero-order valence-corrected chi connectivity index (χ0v) is 15.9. The molecule has 0 fully saturated rings. The molecule has 0 aliphatic carbocycles. The van der Waals surface area contributed by atoms with E-state index in [9.17, 15) is 9.59 Å². The van der Waals surface area contributed by atoms with Gasteiger partial charge in [-0.2, -0.15) is 5.10 Å². The highest BCUT2D eigenvalue weighted by molar-refractivity contribution is 6.30. The van der Waals surface area contributed by atoms with Crippen molar-refractivity contribution in [1.82, 2.24) is 14.7 Å². The van der Waals surface area contributed by atoms with Crippen LogP contribution in [0.3, 0.4) is 0 Å². The highest BCUT2D eigenvalue weighted by atomic mass is 35.5. The van der Waals surface area contributed by atoms with Crippen LogP contribution in [0.1, 0.15) is 5.69 Å². The molecule has 0 N–H and O–H groups in total. The number of hydrogen-bond donors (Lipinski definition) is 0. The van der Waals surface area contributed by atoms with Gasteiger partial charge in [0.15, 0.2) is 0 Å². The largest absolute Gasteiger partial charge is 0.492 e. The van der Waals surface area contributed by atoms with Crippen LogP contribution in [0.2, 0.25) is 5.02 Å². The number of ether oxygens (including phenoxy) is 1. The smallest absolute Gasteiger partial charge is 0.274 e. The van der Waals surface area contributed by atoms with Gasteiger partial charge in [0.2, 0.25) is 5.91 Å². The lowest BCUT2D eigenvalue weighted by molar-refractivity contribution is -0.129. The molecule has 1 amide bonds. The number of benzene rings is 2. The fourth-order valence-corrected chi connectivity index (χ4v) is 2.87. The molecule has 0 radical (unpaired) electrons. The molecule has 0 unspecified atom stereocenters. The molecule has 0 aliphatic heterocycles. The molecule has 6 nitrogen and oxygen atoms in total. The number of amides is 1. The molecule has 3 aromatic rings. The van der Waals surface area contributed by atoms with Gasteiger partial charge in [0.05, 0.1) is 24.0 Å². The molecule has 1 aromatic heterocycles. The number of fused-ring (bicyclic) bond motifs is 1. The third-order valence-corrected chi connectivity index (χ3v) is 4.54. The maximum Gasteiger partial charge on any atom is 0.274 e. The summed E-state index contributed by atoms with van der Waals surface area (Å²) in [6.07, 6.45) is 0.117. The lowest BCUT2D eigenvalue weighted by Crippen LogP contribution is -2.33. The van der Waals surface area contributed by atoms with Crippen molar-refractivity contribution in [1.29, 1.82) is 0 Å². The van der Waals surface area contributed by atoms with E-state index < -0.39 is 0 Å². The monoisotopic (exact) mass is 385 g/mol. The predicted octanol–water partition coefficient (Wildman–Crippen LogP) is 2.67. The van der Waals surface area contributed by atoms with Crippen molar-refractivity contribution in [2.45, 2.75) is 6.42 Å². The van der Waals surface area contributed by atoms with Crippen LogP contribution in [-0.4, -0.2) is 40.8 Å². The van der Waals surface area contributed by atoms with Crippen molar-refractivity contribution in [3.05, 3.63) is 69.6 Å². The molecule has 140 valence electrons. The van der Waals surface area contributed by atoms with Gasteiger partial charge in [-0.3, -0.25) is 9.59 Å². The fourth-order valence-electron chi connectivity index (χ4n) is 2.74. The summed E-state index contributed by atoms with van der Waals surface area (Å²) in [4.78, 5) is 26.3. The van der Waals surface area contributed by atoms with E-state index in [4.69, 9.17) is 16.3 Å². The minimum Gasteiger partial charge on any atom is -0.492 e. The lowest BCUT2D eigenvalue weighted by Gasteiger charge is -2.18. The van der Waals surface area contributed by atoms with E-state index in [0.29, 0.717) is 40.4 Å². The summed E-state index contributed by atoms with van der Waals surface area (Å²) in [5.74, 6) is 0.608. The van der Waals surface area contributed by atoms with E-state index in [1.807, 2.05) is 12.1 Å². The molecule has 0 atom stereocenters. The molecule has 0 saturated heterocycles. The fraction of sp³-hybridized carbons (Fsp3) is 0.250. The number of likely N-dealkylation sites (N-methyl/N-ethyl adjacent to an activating group) is 1. The maximum absolute atomic E-state index is 12.6. The Morgan fingerprint density at radius 2 is 1.81 bits per heavy atom. The van der Waals surface area contributed by atoms with Crippen LogP contribution in [0.15, 0.2) is 53.3 Å². The number of rotatable bonds is 6. The number of aryl methyl sites for hydroxylation is 1. The summed E-state index contributed by atoms with van der Waals surface area (Å²) in [5.41, 5.74) is 0.412. The Labute approximate surface area is 161 Å². The summed E-state index contributed by atoms with van der Waals surface area (Å²) in [7, 11) is 3.31. The highest BCUT2D eigenvalue weighted by Gasteiger charge is 2.15. The van der Waals surface area contributed by atoms with Gasteiger partial charge in [-0.1, -0.05) is 29.8 Å². The average Bonchev–Trinajstić information content (AvgIpc) is 2.67. The van der Waals surface area contributed by atoms with Crippen molar-refractivity contribution in [3.8, 4) is 5.75 Å². The van der Waals surface area contributed by atoms with Crippen LogP contribution in [0.4, 0.5) is 0 Å². The second kappa shape index (κ2) is 8.22. The van der Waals surface area contributed by atoms with Gasteiger partial charge in [-0.25, -0.2) is 4.68 Å². The standard InChI is InChI=1S/C20H20ClN3O3/c1-23(11-12-27-15-9-7-14(21)8-10-15)19(25)13-18-16-5-3-4-6-17(16)20(26)24(2)22-18/h3-10H,11-13H2,1-2H3. The average molecular weight is 386 g/mol. The van der Waals surface area contributed by atoms with Crippen molar-refractivity contribution in [2.75, 3.05) is 20.2 Å². The van der Waals surface area contributed by atoms with Crippen molar-refractivity contribution in [3.63, 3.8) is 0 Å². The lowest BCUT2D eigenvalue weighted by atomic mass is 10.1. The summed E-state index contributed by atoms with van der Waals surface area (Å²) < 4.78 is 6.90. The zero-order chi connectivity index (χ0) is 19.4. The quantitative estimate of drug-likeness (QED) is 0.654. The van der Waals surface area contributed by atoms with Crippen molar-refractivity contribution < 1.29 is 9.53 Å². The van der Waals surface area contributed by atoms with Gasteiger partial charge < -0.3 is 9.64 Å². The van der Waals surface area contributed by atoms with Crippen LogP contribution in [0, 0.1) is 0 Å². The first-order chi connectivity index (χ1) is 13.0. The molecule has 0 spiro atoms. The van der Waals surface area contributed by atoms with E-state index in [2.05, 4.69) is 5.10 Å². The van der Waals surface area contributed by atoms with Gasteiger partial charge in [-0.15, -0.1) is 0 Å². The van der Waals surface area contributed by atoms with E-state index in [1.165, 1.54) is 4.68 Å². The SMILES string of the molecule is CN(CCOc1ccc(Cl)cc1)C(=O)Cc1nn(C)c(=O)c2ccccc12. The Morgan fingerprint density at radius 3 is 2.52 bits per heavy atom. The molecule has 7 heteroatoms. The second-order valence-corrected chi connectivity index (χ2v) is 6.65. The van der Waals surface area contributed by atoms with E-state index >= 15 is 0 Å². The predicted molar refractivity (Wildman–Crippen MR) is 105 cm³/mol. The molecular formula is C20H20ClN3O3. The Bertz CT molecular complexity index is 1020. The molecule has 2 aromatic carbocycles. The van der Waals surface area contributed by atoms with Crippen molar-refractivity contribution >= 4 is 28.3 Å². The molecule has 1 heterocycles. The van der Waals surface area contributed by atoms with Gasteiger partial charge >= 0.3 is 0 Å². The molecule has 3 rings (SSSR count). The first-order valence-electron chi connectivity index (χ1n) is 8.53. The number of aromatic nitrogens is 2. The van der Waals surface area contributed by atoms with Crippen LogP contribution in [0.25, 0.3) is 10.8 Å². The zero-order valence-electron chi connectivity index (χ0n) is 15.2. The van der Waals surface area contributed by atoms with Crippen molar-refractivity contribution in [2.24, 2.45) is 7.05 Å². The van der Waals surface area contributed by atoms with E-state index in [1.54, 1.807) is 55.4 Å². The minimum atomic E-state index is -0.175.